The van der Waals surface area contributed by atoms with Crippen LogP contribution in [0.3, 0.4) is 0 Å². The normalized spacial score (nSPS) is 18.7. The van der Waals surface area contributed by atoms with Gasteiger partial charge < -0.3 is 9.84 Å². The Morgan fingerprint density at radius 2 is 1.84 bits per heavy atom. The van der Waals surface area contributed by atoms with Crippen LogP contribution >= 0.6 is 0 Å². The number of hydrogen-bond donors (Lipinski definition) is 1. The fourth-order valence-electron chi connectivity index (χ4n) is 3.40. The molecule has 0 bridgehead atoms. The maximum absolute atomic E-state index is 11.1. The Kier molecular flexibility index (Phi) is 3.68. The summed E-state index contributed by atoms with van der Waals surface area (Å²) < 4.78 is 5.42. The number of ether oxygens (including phenoxy) is 1. The van der Waals surface area contributed by atoms with E-state index < -0.39 is 5.97 Å². The summed E-state index contributed by atoms with van der Waals surface area (Å²) in [6.45, 7) is 9.36. The molecule has 0 amide bonds. The fraction of sp³-hybridized carbons (Fsp3) is 0.562. The van der Waals surface area contributed by atoms with Crippen molar-refractivity contribution >= 4 is 5.97 Å². The van der Waals surface area contributed by atoms with Crippen LogP contribution in [0.4, 0.5) is 0 Å². The third-order valence-electron chi connectivity index (χ3n) is 4.08. The number of carbonyl (C=O) groups is 1. The number of carboxylic acid groups (broad SMARTS) is 1. The highest BCUT2D eigenvalue weighted by Gasteiger charge is 2.44. The predicted molar refractivity (Wildman–Crippen MR) is 74.6 cm³/mol. The molecule has 104 valence electrons. The second-order valence-electron chi connectivity index (χ2n) is 5.99. The number of hydrogen-bond acceptors (Lipinski definition) is 2. The summed E-state index contributed by atoms with van der Waals surface area (Å²) in [6.07, 6.45) is 0.646. The van der Waals surface area contributed by atoms with Crippen LogP contribution in [0.2, 0.25) is 0 Å². The van der Waals surface area contributed by atoms with Gasteiger partial charge in [-0.15, -0.1) is 0 Å². The van der Waals surface area contributed by atoms with Crippen LogP contribution in [0.25, 0.3) is 0 Å². The summed E-state index contributed by atoms with van der Waals surface area (Å²) in [7, 11) is 0. The Balaban J connectivity index is 2.39. The van der Waals surface area contributed by atoms with E-state index in [9.17, 15) is 4.79 Å². The van der Waals surface area contributed by atoms with Crippen molar-refractivity contribution in [2.45, 2.75) is 39.5 Å². The number of aliphatic carboxylic acids is 1. The van der Waals surface area contributed by atoms with E-state index in [1.54, 1.807) is 6.92 Å². The van der Waals surface area contributed by atoms with Gasteiger partial charge in [0, 0.05) is 5.41 Å². The topological polar surface area (TPSA) is 46.5 Å². The molecule has 3 nitrogen and oxygen atoms in total. The molecule has 0 aliphatic carbocycles. The fourth-order valence-corrected chi connectivity index (χ4v) is 3.40. The maximum atomic E-state index is 11.1. The van der Waals surface area contributed by atoms with E-state index >= 15 is 0 Å². The van der Waals surface area contributed by atoms with Gasteiger partial charge in [-0.05, 0) is 43.9 Å². The van der Waals surface area contributed by atoms with Crippen molar-refractivity contribution in [1.29, 1.82) is 0 Å². The molecule has 1 fully saturated rings. The number of rotatable bonds is 4. The summed E-state index contributed by atoms with van der Waals surface area (Å²) in [6, 6.07) is 4.35. The molecule has 1 aliphatic rings. The zero-order valence-electron chi connectivity index (χ0n) is 12.1. The van der Waals surface area contributed by atoms with E-state index in [1.165, 1.54) is 22.3 Å². The number of aryl methyl sites for hydroxylation is 3. The molecule has 2 rings (SSSR count). The van der Waals surface area contributed by atoms with Gasteiger partial charge in [-0.2, -0.15) is 0 Å². The van der Waals surface area contributed by atoms with Gasteiger partial charge in [-0.1, -0.05) is 24.6 Å². The number of carboxylic acids is 1. The summed E-state index contributed by atoms with van der Waals surface area (Å²) >= 11 is 0. The highest BCUT2D eigenvalue weighted by molar-refractivity contribution is 5.69. The first-order valence-corrected chi connectivity index (χ1v) is 6.74. The van der Waals surface area contributed by atoms with Crippen LogP contribution in [-0.2, 0) is 14.9 Å². The third kappa shape index (κ3) is 2.52. The van der Waals surface area contributed by atoms with Gasteiger partial charge >= 0.3 is 5.97 Å². The first-order chi connectivity index (χ1) is 8.85. The Hall–Kier alpha value is -1.35. The molecular weight excluding hydrogens is 240 g/mol. The van der Waals surface area contributed by atoms with E-state index in [1.807, 2.05) is 0 Å². The Labute approximate surface area is 114 Å². The van der Waals surface area contributed by atoms with Crippen molar-refractivity contribution in [1.82, 2.24) is 0 Å². The molecule has 1 heterocycles. The second kappa shape index (κ2) is 4.97. The molecule has 1 saturated heterocycles. The highest BCUT2D eigenvalue weighted by atomic mass is 16.5. The summed E-state index contributed by atoms with van der Waals surface area (Å²) in [5.41, 5.74) is 4.93. The smallest absolute Gasteiger partial charge is 0.306 e. The summed E-state index contributed by atoms with van der Waals surface area (Å²) in [5, 5.41) is 9.15. The van der Waals surface area contributed by atoms with Crippen molar-refractivity contribution < 1.29 is 14.6 Å². The van der Waals surface area contributed by atoms with Crippen molar-refractivity contribution in [2.75, 3.05) is 13.2 Å². The Morgan fingerprint density at radius 3 is 2.21 bits per heavy atom. The molecule has 1 aromatic carbocycles. The van der Waals surface area contributed by atoms with Crippen LogP contribution in [0, 0.1) is 26.7 Å². The van der Waals surface area contributed by atoms with Gasteiger partial charge in [0.15, 0.2) is 0 Å². The monoisotopic (exact) mass is 262 g/mol. The molecule has 1 unspecified atom stereocenters. The second-order valence-corrected chi connectivity index (χ2v) is 5.99. The molecule has 1 aliphatic heterocycles. The lowest BCUT2D eigenvalue weighted by Gasteiger charge is -2.45. The Bertz CT molecular complexity index is 478. The molecule has 0 saturated carbocycles. The SMILES string of the molecule is Cc1cc(C)c(C2(CC(C)C(=O)O)COC2)c(C)c1. The molecule has 19 heavy (non-hydrogen) atoms. The van der Waals surface area contributed by atoms with Crippen LogP contribution < -0.4 is 0 Å². The quantitative estimate of drug-likeness (QED) is 0.907. The third-order valence-corrected chi connectivity index (χ3v) is 4.08. The molecular formula is C16H22O3. The summed E-state index contributed by atoms with van der Waals surface area (Å²) in [5.74, 6) is -1.07. The lowest BCUT2D eigenvalue weighted by molar-refractivity contribution is -0.144. The van der Waals surface area contributed by atoms with Gasteiger partial charge in [0.25, 0.3) is 0 Å². The average molecular weight is 262 g/mol. The largest absolute Gasteiger partial charge is 0.481 e. The molecule has 1 atom stereocenters. The average Bonchev–Trinajstić information content (AvgIpc) is 2.23. The van der Waals surface area contributed by atoms with E-state index in [2.05, 4.69) is 32.9 Å². The first-order valence-electron chi connectivity index (χ1n) is 6.74. The van der Waals surface area contributed by atoms with E-state index in [0.29, 0.717) is 19.6 Å². The van der Waals surface area contributed by atoms with Crippen LogP contribution in [0.15, 0.2) is 12.1 Å². The van der Waals surface area contributed by atoms with Crippen molar-refractivity contribution in [3.05, 3.63) is 34.4 Å². The van der Waals surface area contributed by atoms with E-state index in [0.717, 1.165) is 0 Å². The Morgan fingerprint density at radius 1 is 1.32 bits per heavy atom. The summed E-state index contributed by atoms with van der Waals surface area (Å²) in [4.78, 5) is 11.1. The van der Waals surface area contributed by atoms with Gasteiger partial charge in [0.2, 0.25) is 0 Å². The molecule has 1 aromatic rings. The number of benzene rings is 1. The minimum Gasteiger partial charge on any atom is -0.481 e. The molecule has 3 heteroatoms. The standard InChI is InChI=1S/C16H22O3/c1-10-5-11(2)14(12(3)6-10)16(8-19-9-16)7-13(4)15(17)18/h5-6,13H,7-9H2,1-4H3,(H,17,18). The van der Waals surface area contributed by atoms with Gasteiger partial charge in [-0.3, -0.25) is 4.79 Å². The molecule has 1 N–H and O–H groups in total. The van der Waals surface area contributed by atoms with Crippen LogP contribution in [0.5, 0.6) is 0 Å². The predicted octanol–water partition coefficient (Wildman–Crippen LogP) is 2.99. The molecule has 0 aromatic heterocycles. The van der Waals surface area contributed by atoms with E-state index in [4.69, 9.17) is 9.84 Å². The highest BCUT2D eigenvalue weighted by Crippen LogP contribution is 2.41. The first kappa shape index (κ1) is 14.1. The minimum atomic E-state index is -0.728. The van der Waals surface area contributed by atoms with Crippen LogP contribution in [0.1, 0.15) is 35.6 Å². The lowest BCUT2D eigenvalue weighted by Crippen LogP contribution is -2.49. The zero-order chi connectivity index (χ0) is 14.2. The lowest BCUT2D eigenvalue weighted by atomic mass is 9.69. The molecule has 0 radical (unpaired) electrons. The van der Waals surface area contributed by atoms with Gasteiger partial charge in [0.05, 0.1) is 19.1 Å². The molecule has 0 spiro atoms. The van der Waals surface area contributed by atoms with Crippen molar-refractivity contribution in [3.63, 3.8) is 0 Å². The maximum Gasteiger partial charge on any atom is 0.306 e. The van der Waals surface area contributed by atoms with Crippen LogP contribution in [-0.4, -0.2) is 24.3 Å². The zero-order valence-corrected chi connectivity index (χ0v) is 12.1. The van der Waals surface area contributed by atoms with E-state index in [-0.39, 0.29) is 11.3 Å². The minimum absolute atomic E-state index is 0.111. The van der Waals surface area contributed by atoms with Gasteiger partial charge in [0.1, 0.15) is 0 Å². The van der Waals surface area contributed by atoms with Crippen molar-refractivity contribution in [2.24, 2.45) is 5.92 Å². The van der Waals surface area contributed by atoms with Gasteiger partial charge in [-0.25, -0.2) is 0 Å². The van der Waals surface area contributed by atoms with Crippen molar-refractivity contribution in [3.8, 4) is 0 Å².